The molecule has 1 aromatic carbocycles. The van der Waals surface area contributed by atoms with Crippen LogP contribution in [0.3, 0.4) is 0 Å². The molecule has 5 nitrogen and oxygen atoms in total. The highest BCUT2D eigenvalue weighted by Gasteiger charge is 2.27. The molecule has 0 aromatic heterocycles. The minimum Gasteiger partial charge on any atom is -0.507 e. The van der Waals surface area contributed by atoms with Crippen LogP contribution in [0.25, 0.3) is 0 Å². The standard InChI is InChI=1S/C17H24O5/c1-12(18)14-8-7-13(11-15(14)19)22-10-6-5-9-17(2,3)16(20)21-4/h7-8,11,19H,5-6,9-10H2,1-4H3. The van der Waals surface area contributed by atoms with E-state index in [4.69, 9.17) is 9.47 Å². The number of hydrogen-bond acceptors (Lipinski definition) is 5. The summed E-state index contributed by atoms with van der Waals surface area (Å²) < 4.78 is 10.3. The van der Waals surface area contributed by atoms with Gasteiger partial charge in [-0.05, 0) is 52.2 Å². The van der Waals surface area contributed by atoms with E-state index >= 15 is 0 Å². The lowest BCUT2D eigenvalue weighted by atomic mass is 9.87. The van der Waals surface area contributed by atoms with Crippen molar-refractivity contribution in [3.63, 3.8) is 0 Å². The van der Waals surface area contributed by atoms with Gasteiger partial charge >= 0.3 is 5.97 Å². The number of benzene rings is 1. The lowest BCUT2D eigenvalue weighted by Gasteiger charge is -2.21. The Hall–Kier alpha value is -2.04. The number of ether oxygens (including phenoxy) is 2. The number of phenols is 1. The van der Waals surface area contributed by atoms with Gasteiger partial charge in [0.2, 0.25) is 0 Å². The molecule has 1 N–H and O–H groups in total. The van der Waals surface area contributed by atoms with Crippen LogP contribution in [-0.2, 0) is 9.53 Å². The van der Waals surface area contributed by atoms with Crippen molar-refractivity contribution in [1.29, 1.82) is 0 Å². The van der Waals surface area contributed by atoms with Gasteiger partial charge in [0.1, 0.15) is 11.5 Å². The fourth-order valence-electron chi connectivity index (χ4n) is 2.14. The van der Waals surface area contributed by atoms with E-state index in [9.17, 15) is 14.7 Å². The Bertz CT molecular complexity index is 534. The summed E-state index contributed by atoms with van der Waals surface area (Å²) in [5, 5.41) is 9.71. The summed E-state index contributed by atoms with van der Waals surface area (Å²) in [7, 11) is 1.39. The zero-order valence-corrected chi connectivity index (χ0v) is 13.6. The van der Waals surface area contributed by atoms with Crippen molar-refractivity contribution in [2.24, 2.45) is 5.41 Å². The Labute approximate surface area is 131 Å². The van der Waals surface area contributed by atoms with Crippen LogP contribution in [0.2, 0.25) is 0 Å². The molecular weight excluding hydrogens is 284 g/mol. The SMILES string of the molecule is COC(=O)C(C)(C)CCCCOc1ccc(C(C)=O)c(O)c1. The van der Waals surface area contributed by atoms with Gasteiger partial charge in [-0.3, -0.25) is 9.59 Å². The fraction of sp³-hybridized carbons (Fsp3) is 0.529. The molecule has 0 aliphatic heterocycles. The van der Waals surface area contributed by atoms with Crippen LogP contribution in [0.15, 0.2) is 18.2 Å². The first-order valence-corrected chi connectivity index (χ1v) is 7.33. The molecule has 22 heavy (non-hydrogen) atoms. The van der Waals surface area contributed by atoms with Crippen molar-refractivity contribution in [1.82, 2.24) is 0 Å². The predicted molar refractivity (Wildman–Crippen MR) is 83.3 cm³/mol. The summed E-state index contributed by atoms with van der Waals surface area (Å²) in [6, 6.07) is 4.65. The van der Waals surface area contributed by atoms with Crippen molar-refractivity contribution in [2.45, 2.75) is 40.0 Å². The minimum atomic E-state index is -0.490. The molecule has 0 radical (unpaired) electrons. The molecular formula is C17H24O5. The molecule has 0 saturated carbocycles. The smallest absolute Gasteiger partial charge is 0.311 e. The number of unbranched alkanes of at least 4 members (excludes halogenated alkanes) is 1. The van der Waals surface area contributed by atoms with E-state index in [1.807, 2.05) is 13.8 Å². The number of carbonyl (C=O) groups excluding carboxylic acids is 2. The number of phenolic OH excluding ortho intramolecular Hbond substituents is 1. The van der Waals surface area contributed by atoms with Crippen molar-refractivity contribution < 1.29 is 24.2 Å². The van der Waals surface area contributed by atoms with Crippen molar-refractivity contribution in [3.05, 3.63) is 23.8 Å². The highest BCUT2D eigenvalue weighted by Crippen LogP contribution is 2.26. The normalized spacial score (nSPS) is 11.1. The van der Waals surface area contributed by atoms with Gasteiger partial charge in [-0.2, -0.15) is 0 Å². The molecule has 0 saturated heterocycles. The number of esters is 1. The topological polar surface area (TPSA) is 72.8 Å². The van der Waals surface area contributed by atoms with Crippen LogP contribution in [0.4, 0.5) is 0 Å². The predicted octanol–water partition coefficient (Wildman–Crippen LogP) is 3.34. The molecule has 0 spiro atoms. The summed E-state index contributed by atoms with van der Waals surface area (Å²) in [6.07, 6.45) is 2.34. The van der Waals surface area contributed by atoms with Crippen molar-refractivity contribution in [2.75, 3.05) is 13.7 Å². The monoisotopic (exact) mass is 308 g/mol. The number of carbonyl (C=O) groups is 2. The zero-order valence-electron chi connectivity index (χ0n) is 13.6. The number of rotatable bonds is 8. The second-order valence-electron chi connectivity index (χ2n) is 5.92. The minimum absolute atomic E-state index is 0.0724. The van der Waals surface area contributed by atoms with Crippen LogP contribution in [0.5, 0.6) is 11.5 Å². The summed E-state index contributed by atoms with van der Waals surface area (Å²) in [6.45, 7) is 5.60. The second-order valence-corrected chi connectivity index (χ2v) is 5.92. The highest BCUT2D eigenvalue weighted by atomic mass is 16.5. The summed E-state index contributed by atoms with van der Waals surface area (Å²) in [5.74, 6) is 0.0545. The Morgan fingerprint density at radius 2 is 1.91 bits per heavy atom. The summed E-state index contributed by atoms with van der Waals surface area (Å²) in [5.41, 5.74) is -0.206. The first-order chi connectivity index (χ1) is 10.3. The molecule has 0 fully saturated rings. The van der Waals surface area contributed by atoms with Crippen LogP contribution < -0.4 is 4.74 Å². The van der Waals surface area contributed by atoms with E-state index in [-0.39, 0.29) is 23.1 Å². The quantitative estimate of drug-likeness (QED) is 0.453. The Balaban J connectivity index is 2.38. The lowest BCUT2D eigenvalue weighted by molar-refractivity contribution is -0.151. The van der Waals surface area contributed by atoms with Gasteiger partial charge < -0.3 is 14.6 Å². The van der Waals surface area contributed by atoms with Crippen LogP contribution in [0.1, 0.15) is 50.4 Å². The molecule has 0 bridgehead atoms. The third-order valence-corrected chi connectivity index (χ3v) is 3.55. The van der Waals surface area contributed by atoms with Crippen LogP contribution in [0, 0.1) is 5.41 Å². The number of ketones is 1. The van der Waals surface area contributed by atoms with Gasteiger partial charge in [0.25, 0.3) is 0 Å². The van der Waals surface area contributed by atoms with Crippen LogP contribution >= 0.6 is 0 Å². The second kappa shape index (κ2) is 7.82. The number of Topliss-reactive ketones (excluding diaryl/α,β-unsaturated/α-hetero) is 1. The van der Waals surface area contributed by atoms with Gasteiger partial charge in [0.05, 0.1) is 24.7 Å². The molecule has 122 valence electrons. The first kappa shape index (κ1) is 18.0. The zero-order chi connectivity index (χ0) is 16.8. The van der Waals surface area contributed by atoms with E-state index < -0.39 is 5.41 Å². The maximum absolute atomic E-state index is 11.5. The number of hydrogen-bond donors (Lipinski definition) is 1. The van der Waals surface area contributed by atoms with Gasteiger partial charge in [-0.1, -0.05) is 0 Å². The number of aromatic hydroxyl groups is 1. The molecule has 1 rings (SSSR count). The third kappa shape index (κ3) is 5.06. The molecule has 0 aliphatic rings. The maximum Gasteiger partial charge on any atom is 0.311 e. The Kier molecular flexibility index (Phi) is 6.40. The molecule has 0 amide bonds. The maximum atomic E-state index is 11.5. The number of methoxy groups -OCH3 is 1. The van der Waals surface area contributed by atoms with E-state index in [2.05, 4.69) is 0 Å². The van der Waals surface area contributed by atoms with E-state index in [0.29, 0.717) is 12.4 Å². The Morgan fingerprint density at radius 1 is 1.23 bits per heavy atom. The Morgan fingerprint density at radius 3 is 2.45 bits per heavy atom. The molecule has 0 unspecified atom stereocenters. The van der Waals surface area contributed by atoms with E-state index in [0.717, 1.165) is 19.3 Å². The lowest BCUT2D eigenvalue weighted by Crippen LogP contribution is -2.25. The average Bonchev–Trinajstić information content (AvgIpc) is 2.45. The molecule has 0 aliphatic carbocycles. The van der Waals surface area contributed by atoms with Gasteiger partial charge in [0.15, 0.2) is 5.78 Å². The van der Waals surface area contributed by atoms with Crippen LogP contribution in [-0.4, -0.2) is 30.6 Å². The van der Waals surface area contributed by atoms with Crippen molar-refractivity contribution >= 4 is 11.8 Å². The van der Waals surface area contributed by atoms with Gasteiger partial charge in [0, 0.05) is 6.07 Å². The average molecular weight is 308 g/mol. The van der Waals surface area contributed by atoms with E-state index in [1.165, 1.54) is 20.1 Å². The summed E-state index contributed by atoms with van der Waals surface area (Å²) >= 11 is 0. The third-order valence-electron chi connectivity index (χ3n) is 3.55. The van der Waals surface area contributed by atoms with Crippen molar-refractivity contribution in [3.8, 4) is 11.5 Å². The molecule has 1 aromatic rings. The fourth-order valence-corrected chi connectivity index (χ4v) is 2.14. The molecule has 0 atom stereocenters. The highest BCUT2D eigenvalue weighted by molar-refractivity contribution is 5.96. The van der Waals surface area contributed by atoms with Gasteiger partial charge in [-0.15, -0.1) is 0 Å². The summed E-state index contributed by atoms with van der Waals surface area (Å²) in [4.78, 5) is 22.7. The van der Waals surface area contributed by atoms with E-state index in [1.54, 1.807) is 12.1 Å². The molecule has 5 heteroatoms. The van der Waals surface area contributed by atoms with Gasteiger partial charge in [-0.25, -0.2) is 0 Å². The first-order valence-electron chi connectivity index (χ1n) is 7.33. The molecule has 0 heterocycles. The largest absolute Gasteiger partial charge is 0.507 e.